The molecule has 0 fully saturated rings. The van der Waals surface area contributed by atoms with Crippen LogP contribution < -0.4 is 11.3 Å². The summed E-state index contributed by atoms with van der Waals surface area (Å²) in [5.74, 6) is 5.06. The van der Waals surface area contributed by atoms with Crippen molar-refractivity contribution in [2.75, 3.05) is 5.43 Å². The summed E-state index contributed by atoms with van der Waals surface area (Å²) in [5.41, 5.74) is 4.64. The summed E-state index contributed by atoms with van der Waals surface area (Å²) < 4.78 is 13.3. The van der Waals surface area contributed by atoms with Crippen molar-refractivity contribution in [1.82, 2.24) is 4.98 Å². The Labute approximate surface area is 104 Å². The zero-order valence-electron chi connectivity index (χ0n) is 9.43. The van der Waals surface area contributed by atoms with E-state index < -0.39 is 5.82 Å². The van der Waals surface area contributed by atoms with Crippen LogP contribution in [0.25, 0.3) is 10.9 Å². The number of nitrogen functional groups attached to an aromatic ring is 1. The molecule has 17 heavy (non-hydrogen) atoms. The minimum absolute atomic E-state index is 0.309. The Bertz CT molecular complexity index is 557. The van der Waals surface area contributed by atoms with Gasteiger partial charge in [0.15, 0.2) is 0 Å². The fourth-order valence-corrected chi connectivity index (χ4v) is 2.14. The van der Waals surface area contributed by atoms with Crippen LogP contribution >= 0.6 is 11.6 Å². The number of hydrazine groups is 1. The van der Waals surface area contributed by atoms with Crippen LogP contribution in [-0.4, -0.2) is 4.98 Å². The highest BCUT2D eigenvalue weighted by atomic mass is 35.5. The van der Waals surface area contributed by atoms with E-state index in [1.54, 1.807) is 0 Å². The van der Waals surface area contributed by atoms with Crippen LogP contribution in [0.4, 0.5) is 10.1 Å². The Hall–Kier alpha value is -1.39. The minimum atomic E-state index is -0.397. The predicted octanol–water partition coefficient (Wildman–Crippen LogP) is 3.27. The van der Waals surface area contributed by atoms with E-state index in [1.165, 1.54) is 12.1 Å². The average Bonchev–Trinajstić information content (AvgIpc) is 2.27. The number of nitrogens with one attached hydrogen (secondary N) is 1. The second-order valence-electron chi connectivity index (χ2n) is 3.84. The van der Waals surface area contributed by atoms with Gasteiger partial charge in [0.25, 0.3) is 0 Å². The third kappa shape index (κ3) is 2.33. The zero-order valence-corrected chi connectivity index (χ0v) is 10.2. The summed E-state index contributed by atoms with van der Waals surface area (Å²) >= 11 is 6.00. The van der Waals surface area contributed by atoms with Crippen molar-refractivity contribution in [3.05, 3.63) is 34.7 Å². The summed E-state index contributed by atoms with van der Waals surface area (Å²) in [5, 5.41) is 0.957. The van der Waals surface area contributed by atoms with Gasteiger partial charge in [-0.05, 0) is 18.6 Å². The van der Waals surface area contributed by atoms with Crippen molar-refractivity contribution in [3.63, 3.8) is 0 Å². The number of halogens is 2. The van der Waals surface area contributed by atoms with Crippen LogP contribution in [0.1, 0.15) is 19.0 Å². The number of pyridine rings is 1. The highest BCUT2D eigenvalue weighted by molar-refractivity contribution is 6.36. The van der Waals surface area contributed by atoms with Crippen LogP contribution in [-0.2, 0) is 6.42 Å². The smallest absolute Gasteiger partial charge is 0.126 e. The van der Waals surface area contributed by atoms with Crippen molar-refractivity contribution < 1.29 is 4.39 Å². The van der Waals surface area contributed by atoms with Gasteiger partial charge >= 0.3 is 0 Å². The number of benzene rings is 1. The molecule has 5 heteroatoms. The standard InChI is InChI=1S/C12H13ClFN3/c1-2-3-8-6-11(17-15)12-9(13)4-7(14)5-10(12)16-8/h4-6H,2-3,15H2,1H3,(H,16,17). The molecule has 1 heterocycles. The molecule has 0 atom stereocenters. The number of nitrogens with two attached hydrogens (primary N) is 1. The van der Waals surface area contributed by atoms with Crippen molar-refractivity contribution in [2.45, 2.75) is 19.8 Å². The molecule has 90 valence electrons. The molecule has 1 aromatic heterocycles. The lowest BCUT2D eigenvalue weighted by molar-refractivity contribution is 0.629. The van der Waals surface area contributed by atoms with E-state index in [4.69, 9.17) is 17.4 Å². The molecule has 3 N–H and O–H groups in total. The number of anilines is 1. The molecule has 2 aromatic rings. The van der Waals surface area contributed by atoms with Gasteiger partial charge in [-0.15, -0.1) is 0 Å². The molecule has 0 saturated heterocycles. The van der Waals surface area contributed by atoms with Gasteiger partial charge in [-0.2, -0.15) is 0 Å². The maximum Gasteiger partial charge on any atom is 0.126 e. The summed E-state index contributed by atoms with van der Waals surface area (Å²) in [4.78, 5) is 4.38. The fraction of sp³-hybridized carbons (Fsp3) is 0.250. The Morgan fingerprint density at radius 2 is 2.18 bits per heavy atom. The number of aromatic nitrogens is 1. The van der Waals surface area contributed by atoms with Crippen molar-refractivity contribution >= 4 is 28.2 Å². The summed E-state index contributed by atoms with van der Waals surface area (Å²) in [6.45, 7) is 2.06. The summed E-state index contributed by atoms with van der Waals surface area (Å²) in [6, 6.07) is 4.46. The molecule has 0 bridgehead atoms. The maximum absolute atomic E-state index is 13.3. The van der Waals surface area contributed by atoms with Gasteiger partial charge in [-0.25, -0.2) is 4.39 Å². The predicted molar refractivity (Wildman–Crippen MR) is 68.5 cm³/mol. The molecule has 0 unspecified atom stereocenters. The van der Waals surface area contributed by atoms with Crippen molar-refractivity contribution in [2.24, 2.45) is 5.84 Å². The molecular formula is C12H13ClFN3. The van der Waals surface area contributed by atoms with E-state index in [0.717, 1.165) is 18.5 Å². The lowest BCUT2D eigenvalue weighted by atomic mass is 10.1. The van der Waals surface area contributed by atoms with E-state index in [2.05, 4.69) is 17.3 Å². The van der Waals surface area contributed by atoms with Crippen LogP contribution in [0.5, 0.6) is 0 Å². The van der Waals surface area contributed by atoms with Gasteiger partial charge in [0.2, 0.25) is 0 Å². The topological polar surface area (TPSA) is 50.9 Å². The second-order valence-corrected chi connectivity index (χ2v) is 4.24. The summed E-state index contributed by atoms with van der Waals surface area (Å²) in [7, 11) is 0. The van der Waals surface area contributed by atoms with E-state index in [0.29, 0.717) is 21.6 Å². The first-order valence-corrected chi connectivity index (χ1v) is 5.78. The molecule has 3 nitrogen and oxygen atoms in total. The Morgan fingerprint density at radius 3 is 2.82 bits per heavy atom. The highest BCUT2D eigenvalue weighted by Crippen LogP contribution is 2.30. The normalized spacial score (nSPS) is 10.8. The van der Waals surface area contributed by atoms with Gasteiger partial charge in [0.05, 0.1) is 16.2 Å². The largest absolute Gasteiger partial charge is 0.323 e. The zero-order chi connectivity index (χ0) is 12.4. The Morgan fingerprint density at radius 1 is 1.41 bits per heavy atom. The number of fused-ring (bicyclic) bond motifs is 1. The monoisotopic (exact) mass is 253 g/mol. The van der Waals surface area contributed by atoms with Gasteiger partial charge in [-0.3, -0.25) is 10.8 Å². The molecular weight excluding hydrogens is 241 g/mol. The number of hydrogen-bond donors (Lipinski definition) is 2. The van der Waals surface area contributed by atoms with E-state index in [1.807, 2.05) is 6.07 Å². The molecule has 0 amide bonds. The first-order valence-electron chi connectivity index (χ1n) is 5.41. The van der Waals surface area contributed by atoms with Crippen molar-refractivity contribution in [1.29, 1.82) is 0 Å². The second kappa shape index (κ2) is 4.85. The first kappa shape index (κ1) is 12.1. The van der Waals surface area contributed by atoms with Gasteiger partial charge < -0.3 is 5.43 Å². The SMILES string of the molecule is CCCc1cc(NN)c2c(Cl)cc(F)cc2n1. The van der Waals surface area contributed by atoms with Gasteiger partial charge in [0, 0.05) is 17.1 Å². The average molecular weight is 254 g/mol. The number of aryl methyl sites for hydroxylation is 1. The van der Waals surface area contributed by atoms with E-state index >= 15 is 0 Å². The maximum atomic E-state index is 13.3. The lowest BCUT2D eigenvalue weighted by Crippen LogP contribution is -2.08. The molecule has 0 radical (unpaired) electrons. The lowest BCUT2D eigenvalue weighted by Gasteiger charge is -2.10. The molecule has 0 aliphatic carbocycles. The van der Waals surface area contributed by atoms with E-state index in [-0.39, 0.29) is 0 Å². The fourth-order valence-electron chi connectivity index (χ4n) is 1.84. The number of rotatable bonds is 3. The van der Waals surface area contributed by atoms with Gasteiger partial charge in [0.1, 0.15) is 5.82 Å². The Balaban J connectivity index is 2.73. The first-order chi connectivity index (χ1) is 8.15. The molecule has 2 rings (SSSR count). The quantitative estimate of drug-likeness (QED) is 0.652. The van der Waals surface area contributed by atoms with Gasteiger partial charge in [-0.1, -0.05) is 24.9 Å². The number of nitrogens with zero attached hydrogens (tertiary/aromatic N) is 1. The third-order valence-electron chi connectivity index (χ3n) is 2.54. The number of hydrogen-bond acceptors (Lipinski definition) is 3. The highest BCUT2D eigenvalue weighted by Gasteiger charge is 2.10. The molecule has 0 aliphatic heterocycles. The molecule has 0 spiro atoms. The van der Waals surface area contributed by atoms with Crippen molar-refractivity contribution in [3.8, 4) is 0 Å². The van der Waals surface area contributed by atoms with Crippen LogP contribution in [0.3, 0.4) is 0 Å². The van der Waals surface area contributed by atoms with Crippen LogP contribution in [0.2, 0.25) is 5.02 Å². The molecule has 1 aromatic carbocycles. The third-order valence-corrected chi connectivity index (χ3v) is 2.84. The van der Waals surface area contributed by atoms with E-state index in [9.17, 15) is 4.39 Å². The van der Waals surface area contributed by atoms with Crippen LogP contribution in [0.15, 0.2) is 18.2 Å². The minimum Gasteiger partial charge on any atom is -0.323 e. The molecule has 0 aliphatic rings. The summed E-state index contributed by atoms with van der Waals surface area (Å²) in [6.07, 6.45) is 1.78. The molecule has 0 saturated carbocycles. The Kier molecular flexibility index (Phi) is 3.45. The van der Waals surface area contributed by atoms with Crippen LogP contribution in [0, 0.1) is 5.82 Å².